The van der Waals surface area contributed by atoms with Gasteiger partial charge in [0.1, 0.15) is 5.56 Å². The van der Waals surface area contributed by atoms with Gasteiger partial charge in [-0.15, -0.1) is 0 Å². The Balaban J connectivity index is 2.22. The van der Waals surface area contributed by atoms with E-state index in [4.69, 9.17) is 4.74 Å². The molecule has 0 saturated heterocycles. The maximum absolute atomic E-state index is 12.0. The summed E-state index contributed by atoms with van der Waals surface area (Å²) in [5, 5.41) is 19.5. The average Bonchev–Trinajstić information content (AvgIpc) is 2.61. The number of hydrogen-bond donors (Lipinski definition) is 3. The van der Waals surface area contributed by atoms with E-state index in [1.165, 1.54) is 13.3 Å². The van der Waals surface area contributed by atoms with Crippen molar-refractivity contribution in [2.24, 2.45) is 10.4 Å². The second kappa shape index (κ2) is 9.50. The number of H-pyrrole nitrogens is 1. The molecular weight excluding hydrogens is 354 g/mol. The predicted molar refractivity (Wildman–Crippen MR) is 99.7 cm³/mol. The number of ether oxygens (including phenoxy) is 1. The number of nitrogens with zero attached hydrogens (tertiary/aromatic N) is 2. The van der Waals surface area contributed by atoms with Gasteiger partial charge in [0.05, 0.1) is 6.42 Å². The summed E-state index contributed by atoms with van der Waals surface area (Å²) in [6, 6.07) is 0. The average molecular weight is 381 g/mol. The number of aromatic hydroxyl groups is 1. The molecule has 0 aliphatic heterocycles. The SMILES string of the molecule is COCCCn1c(O)c(C=NCC2(CC(=O)O)CCCCC2)c(=O)[nH]c1=O. The van der Waals surface area contributed by atoms with Crippen molar-refractivity contribution < 1.29 is 19.7 Å². The molecule has 9 nitrogen and oxygen atoms in total. The third-order valence-electron chi connectivity index (χ3n) is 5.02. The van der Waals surface area contributed by atoms with E-state index in [1.54, 1.807) is 0 Å². The van der Waals surface area contributed by atoms with Gasteiger partial charge in [-0.2, -0.15) is 0 Å². The van der Waals surface area contributed by atoms with E-state index in [-0.39, 0.29) is 25.1 Å². The number of aliphatic carboxylic acids is 1. The highest BCUT2D eigenvalue weighted by Crippen LogP contribution is 2.39. The molecule has 150 valence electrons. The Morgan fingerprint density at radius 3 is 2.67 bits per heavy atom. The van der Waals surface area contributed by atoms with Crippen molar-refractivity contribution in [3.63, 3.8) is 0 Å². The molecule has 0 unspecified atom stereocenters. The molecule has 1 heterocycles. The summed E-state index contributed by atoms with van der Waals surface area (Å²) < 4.78 is 5.99. The topological polar surface area (TPSA) is 134 Å². The van der Waals surface area contributed by atoms with Crippen molar-refractivity contribution in [1.29, 1.82) is 0 Å². The molecule has 1 fully saturated rings. The highest BCUT2D eigenvalue weighted by molar-refractivity contribution is 5.81. The summed E-state index contributed by atoms with van der Waals surface area (Å²) in [5.41, 5.74) is -1.94. The van der Waals surface area contributed by atoms with Crippen LogP contribution in [0.4, 0.5) is 0 Å². The largest absolute Gasteiger partial charge is 0.494 e. The quantitative estimate of drug-likeness (QED) is 0.433. The van der Waals surface area contributed by atoms with Gasteiger partial charge in [-0.3, -0.25) is 24.1 Å². The maximum atomic E-state index is 12.0. The van der Waals surface area contributed by atoms with Crippen LogP contribution in [0, 0.1) is 5.41 Å². The fourth-order valence-corrected chi connectivity index (χ4v) is 3.61. The summed E-state index contributed by atoms with van der Waals surface area (Å²) >= 11 is 0. The Kier molecular flexibility index (Phi) is 7.35. The summed E-state index contributed by atoms with van der Waals surface area (Å²) in [7, 11) is 1.53. The van der Waals surface area contributed by atoms with Crippen LogP contribution < -0.4 is 11.2 Å². The van der Waals surface area contributed by atoms with Gasteiger partial charge >= 0.3 is 11.7 Å². The van der Waals surface area contributed by atoms with E-state index < -0.39 is 28.5 Å². The number of aromatic amines is 1. The van der Waals surface area contributed by atoms with Crippen molar-refractivity contribution in [1.82, 2.24) is 9.55 Å². The van der Waals surface area contributed by atoms with Crippen molar-refractivity contribution in [2.75, 3.05) is 20.3 Å². The molecule has 0 aromatic carbocycles. The van der Waals surface area contributed by atoms with Crippen molar-refractivity contribution in [3.05, 3.63) is 26.4 Å². The molecule has 0 spiro atoms. The summed E-state index contributed by atoms with van der Waals surface area (Å²) in [6.07, 6.45) is 6.30. The number of aromatic nitrogens is 2. The molecule has 1 aromatic rings. The zero-order valence-corrected chi connectivity index (χ0v) is 15.6. The Labute approximate surface area is 156 Å². The molecule has 0 amide bonds. The third kappa shape index (κ3) is 5.53. The van der Waals surface area contributed by atoms with Crippen LogP contribution in [0.15, 0.2) is 14.6 Å². The minimum absolute atomic E-state index is 0.0309. The van der Waals surface area contributed by atoms with Gasteiger partial charge < -0.3 is 14.9 Å². The molecule has 0 bridgehead atoms. The number of aliphatic imine (C=N–C) groups is 1. The molecular formula is C18H27N3O6. The number of carbonyl (C=O) groups is 1. The van der Waals surface area contributed by atoms with E-state index in [1.807, 2.05) is 0 Å². The second-order valence-electron chi connectivity index (χ2n) is 7.10. The molecule has 0 radical (unpaired) electrons. The number of nitrogens with one attached hydrogen (secondary N) is 1. The molecule has 9 heteroatoms. The van der Waals surface area contributed by atoms with Crippen molar-refractivity contribution >= 4 is 12.2 Å². The van der Waals surface area contributed by atoms with Crippen LogP contribution in [0.25, 0.3) is 0 Å². The Hall–Kier alpha value is -2.42. The Bertz CT molecular complexity index is 789. The molecule has 1 aliphatic rings. The van der Waals surface area contributed by atoms with Gasteiger partial charge in [-0.05, 0) is 19.3 Å². The van der Waals surface area contributed by atoms with Gasteiger partial charge in [0.15, 0.2) is 0 Å². The highest BCUT2D eigenvalue weighted by atomic mass is 16.5. The van der Waals surface area contributed by atoms with E-state index in [9.17, 15) is 24.6 Å². The molecule has 27 heavy (non-hydrogen) atoms. The van der Waals surface area contributed by atoms with Gasteiger partial charge in [0.25, 0.3) is 5.56 Å². The van der Waals surface area contributed by atoms with E-state index in [2.05, 4.69) is 9.98 Å². The fraction of sp³-hybridized carbons (Fsp3) is 0.667. The number of carboxylic acid groups (broad SMARTS) is 1. The van der Waals surface area contributed by atoms with E-state index in [0.29, 0.717) is 13.0 Å². The number of hydrogen-bond acceptors (Lipinski definition) is 6. The van der Waals surface area contributed by atoms with E-state index >= 15 is 0 Å². The lowest BCUT2D eigenvalue weighted by Crippen LogP contribution is -2.33. The molecule has 3 N–H and O–H groups in total. The van der Waals surface area contributed by atoms with Gasteiger partial charge in [-0.25, -0.2) is 4.79 Å². The van der Waals surface area contributed by atoms with Crippen LogP contribution in [0.2, 0.25) is 0 Å². The first kappa shape index (κ1) is 20.9. The Morgan fingerprint density at radius 2 is 2.04 bits per heavy atom. The summed E-state index contributed by atoms with van der Waals surface area (Å²) in [4.78, 5) is 41.6. The molecule has 2 rings (SSSR count). The van der Waals surface area contributed by atoms with Crippen LogP contribution in [0.1, 0.15) is 50.5 Å². The zero-order chi connectivity index (χ0) is 19.9. The third-order valence-corrected chi connectivity index (χ3v) is 5.02. The fourth-order valence-electron chi connectivity index (χ4n) is 3.61. The predicted octanol–water partition coefficient (Wildman–Crippen LogP) is 1.12. The Morgan fingerprint density at radius 1 is 1.33 bits per heavy atom. The number of methoxy groups -OCH3 is 1. The van der Waals surface area contributed by atoms with Crippen LogP contribution in [0.3, 0.4) is 0 Å². The minimum atomic E-state index is -0.862. The number of rotatable bonds is 9. The van der Waals surface area contributed by atoms with Crippen LogP contribution >= 0.6 is 0 Å². The van der Waals surface area contributed by atoms with E-state index in [0.717, 1.165) is 36.7 Å². The first-order valence-electron chi connectivity index (χ1n) is 9.15. The summed E-state index contributed by atoms with van der Waals surface area (Å²) in [6.45, 7) is 0.867. The maximum Gasteiger partial charge on any atom is 0.331 e. The molecule has 1 aromatic heterocycles. The monoisotopic (exact) mass is 381 g/mol. The smallest absolute Gasteiger partial charge is 0.331 e. The van der Waals surface area contributed by atoms with Crippen LogP contribution in [-0.2, 0) is 16.1 Å². The van der Waals surface area contributed by atoms with Crippen molar-refractivity contribution in [2.45, 2.75) is 51.5 Å². The van der Waals surface area contributed by atoms with Gasteiger partial charge in [-0.1, -0.05) is 19.3 Å². The summed E-state index contributed by atoms with van der Waals surface area (Å²) in [5.74, 6) is -1.31. The highest BCUT2D eigenvalue weighted by Gasteiger charge is 2.34. The van der Waals surface area contributed by atoms with Gasteiger partial charge in [0.2, 0.25) is 5.88 Å². The lowest BCUT2D eigenvalue weighted by Gasteiger charge is -2.34. The first-order chi connectivity index (χ1) is 12.9. The van der Waals surface area contributed by atoms with Crippen LogP contribution in [0.5, 0.6) is 5.88 Å². The standard InChI is InChI=1S/C18H27N3O6/c1-27-9-5-8-21-16(25)13(15(24)20-17(21)26)11-19-12-18(10-14(22)23)6-3-2-4-7-18/h11,25H,2-10,12H2,1H3,(H,22,23)(H,20,24,26). The molecule has 1 aliphatic carbocycles. The lowest BCUT2D eigenvalue weighted by atomic mass is 9.72. The normalized spacial score (nSPS) is 16.6. The molecule has 0 atom stereocenters. The molecule has 1 saturated carbocycles. The first-order valence-corrected chi connectivity index (χ1v) is 9.15. The minimum Gasteiger partial charge on any atom is -0.494 e. The second-order valence-corrected chi connectivity index (χ2v) is 7.10. The van der Waals surface area contributed by atoms with Crippen molar-refractivity contribution in [3.8, 4) is 5.88 Å². The number of carboxylic acids is 1. The van der Waals surface area contributed by atoms with Gasteiger partial charge in [0, 0.05) is 38.4 Å². The lowest BCUT2D eigenvalue weighted by molar-refractivity contribution is -0.140. The zero-order valence-electron chi connectivity index (χ0n) is 15.6. The van der Waals surface area contributed by atoms with Crippen LogP contribution in [-0.4, -0.2) is 52.2 Å².